The van der Waals surface area contributed by atoms with Crippen molar-refractivity contribution in [1.82, 2.24) is 15.2 Å². The van der Waals surface area contributed by atoms with Crippen LogP contribution in [0.15, 0.2) is 24.3 Å². The fourth-order valence-electron chi connectivity index (χ4n) is 2.28. The Kier molecular flexibility index (Phi) is 3.29. The smallest absolute Gasteiger partial charge is 0.160 e. The van der Waals surface area contributed by atoms with Crippen molar-refractivity contribution in [3.8, 4) is 11.4 Å². The van der Waals surface area contributed by atoms with Gasteiger partial charge in [-0.2, -0.15) is 5.10 Å². The summed E-state index contributed by atoms with van der Waals surface area (Å²) in [6, 6.07) is 5.95. The zero-order valence-corrected chi connectivity index (χ0v) is 11.7. The zero-order valence-electron chi connectivity index (χ0n) is 11.7. The van der Waals surface area contributed by atoms with E-state index in [4.69, 9.17) is 0 Å². The minimum Gasteiger partial charge on any atom is -0.384 e. The number of aromatic nitrogens is 3. The van der Waals surface area contributed by atoms with Crippen LogP contribution in [-0.2, 0) is 0 Å². The number of nitrogens with zero attached hydrogens (tertiary/aromatic N) is 2. The normalized spacial score (nSPS) is 11.0. The van der Waals surface area contributed by atoms with E-state index in [1.807, 2.05) is 26.0 Å². The van der Waals surface area contributed by atoms with Gasteiger partial charge in [0.25, 0.3) is 0 Å². The van der Waals surface area contributed by atoms with Crippen LogP contribution in [-0.4, -0.2) is 21.7 Å². The zero-order chi connectivity index (χ0) is 15.0. The number of halogens is 2. The van der Waals surface area contributed by atoms with Crippen molar-refractivity contribution in [2.45, 2.75) is 13.8 Å². The first-order chi connectivity index (χ1) is 10.1. The average molecular weight is 288 g/mol. The molecule has 0 radical (unpaired) electrons. The van der Waals surface area contributed by atoms with Gasteiger partial charge in [0, 0.05) is 18.0 Å². The first kappa shape index (κ1) is 13.5. The van der Waals surface area contributed by atoms with Crippen molar-refractivity contribution >= 4 is 16.6 Å². The lowest BCUT2D eigenvalue weighted by atomic mass is 10.1. The lowest BCUT2D eigenvalue weighted by molar-refractivity contribution is 0.511. The molecule has 3 rings (SSSR count). The van der Waals surface area contributed by atoms with Crippen LogP contribution in [0.3, 0.4) is 0 Å². The summed E-state index contributed by atoms with van der Waals surface area (Å²) >= 11 is 0. The van der Waals surface area contributed by atoms with Crippen molar-refractivity contribution in [2.24, 2.45) is 0 Å². The van der Waals surface area contributed by atoms with Gasteiger partial charge < -0.3 is 5.32 Å². The van der Waals surface area contributed by atoms with E-state index in [-0.39, 0.29) is 0 Å². The Hall–Kier alpha value is -2.50. The Morgan fingerprint density at radius 2 is 1.95 bits per heavy atom. The summed E-state index contributed by atoms with van der Waals surface area (Å²) in [5.41, 5.74) is 3.34. The first-order valence-corrected chi connectivity index (χ1v) is 6.65. The van der Waals surface area contributed by atoms with Crippen LogP contribution in [0, 0.1) is 18.6 Å². The molecule has 4 nitrogen and oxygen atoms in total. The number of rotatable bonds is 3. The van der Waals surface area contributed by atoms with Crippen molar-refractivity contribution in [1.29, 1.82) is 0 Å². The van der Waals surface area contributed by atoms with Gasteiger partial charge in [0.1, 0.15) is 5.69 Å². The molecule has 0 aliphatic rings. The minimum absolute atomic E-state index is 0.444. The number of H-pyrrole nitrogens is 1. The van der Waals surface area contributed by atoms with E-state index in [0.717, 1.165) is 30.1 Å². The van der Waals surface area contributed by atoms with E-state index >= 15 is 0 Å². The molecule has 0 saturated heterocycles. The fraction of sp³-hybridized carbons (Fsp3) is 0.200. The van der Waals surface area contributed by atoms with Crippen LogP contribution in [0.2, 0.25) is 0 Å². The number of fused-ring (bicyclic) bond motifs is 1. The van der Waals surface area contributed by atoms with Crippen molar-refractivity contribution in [3.63, 3.8) is 0 Å². The summed E-state index contributed by atoms with van der Waals surface area (Å²) in [5.74, 6) is -1.80. The summed E-state index contributed by atoms with van der Waals surface area (Å²) in [6.07, 6.45) is 0. The first-order valence-electron chi connectivity index (χ1n) is 6.65. The predicted molar refractivity (Wildman–Crippen MR) is 78.1 cm³/mol. The van der Waals surface area contributed by atoms with Crippen LogP contribution in [0.25, 0.3) is 22.3 Å². The molecular formula is C15H14F2N4. The minimum atomic E-state index is -0.899. The lowest BCUT2D eigenvalue weighted by Gasteiger charge is -2.07. The highest BCUT2D eigenvalue weighted by molar-refractivity contribution is 5.92. The molecular weight excluding hydrogens is 274 g/mol. The lowest BCUT2D eigenvalue weighted by Crippen LogP contribution is -2.00. The van der Waals surface area contributed by atoms with Gasteiger partial charge in [0.15, 0.2) is 11.6 Å². The van der Waals surface area contributed by atoms with Gasteiger partial charge in [0.05, 0.1) is 22.6 Å². The molecule has 0 unspecified atom stereocenters. The van der Waals surface area contributed by atoms with E-state index in [0.29, 0.717) is 22.3 Å². The maximum absolute atomic E-state index is 13.4. The van der Waals surface area contributed by atoms with E-state index in [2.05, 4.69) is 20.5 Å². The number of anilines is 1. The third-order valence-electron chi connectivity index (χ3n) is 3.30. The third kappa shape index (κ3) is 2.33. The average Bonchev–Trinajstić information content (AvgIpc) is 2.85. The number of aromatic amines is 1. The highest BCUT2D eigenvalue weighted by Gasteiger charge is 2.14. The molecule has 3 aromatic rings. The van der Waals surface area contributed by atoms with Gasteiger partial charge in [-0.1, -0.05) is 0 Å². The van der Waals surface area contributed by atoms with E-state index in [1.54, 1.807) is 0 Å². The van der Waals surface area contributed by atoms with Crippen molar-refractivity contribution < 1.29 is 8.78 Å². The Morgan fingerprint density at radius 1 is 1.19 bits per heavy atom. The standard InChI is InChI=1S/C15H14F2N4/c1-3-18-12-4-5-13(19-8(12)2)15-9-6-10(16)11(17)7-14(9)20-21-15/h4-7,18H,3H2,1-2H3,(H,20,21). The number of hydrogen-bond acceptors (Lipinski definition) is 3. The maximum atomic E-state index is 13.4. The summed E-state index contributed by atoms with van der Waals surface area (Å²) in [6.45, 7) is 4.69. The number of pyridine rings is 1. The second-order valence-electron chi connectivity index (χ2n) is 4.74. The molecule has 0 aliphatic carbocycles. The molecule has 0 bridgehead atoms. The predicted octanol–water partition coefficient (Wildman–Crippen LogP) is 3.64. The van der Waals surface area contributed by atoms with E-state index in [1.165, 1.54) is 0 Å². The Labute approximate surface area is 120 Å². The largest absolute Gasteiger partial charge is 0.384 e. The molecule has 2 heterocycles. The Morgan fingerprint density at radius 3 is 2.67 bits per heavy atom. The quantitative estimate of drug-likeness (QED) is 0.773. The Bertz CT molecular complexity index is 811. The number of aryl methyl sites for hydroxylation is 1. The summed E-state index contributed by atoms with van der Waals surface area (Å²) in [4.78, 5) is 4.48. The van der Waals surface area contributed by atoms with Gasteiger partial charge in [-0.15, -0.1) is 0 Å². The van der Waals surface area contributed by atoms with Crippen LogP contribution in [0.1, 0.15) is 12.6 Å². The molecule has 0 amide bonds. The molecule has 0 aliphatic heterocycles. The molecule has 6 heteroatoms. The summed E-state index contributed by atoms with van der Waals surface area (Å²) in [5, 5.41) is 10.5. The summed E-state index contributed by atoms with van der Waals surface area (Å²) in [7, 11) is 0. The number of nitrogens with one attached hydrogen (secondary N) is 2. The topological polar surface area (TPSA) is 53.6 Å². The monoisotopic (exact) mass is 288 g/mol. The molecule has 0 saturated carbocycles. The molecule has 0 atom stereocenters. The van der Waals surface area contributed by atoms with Crippen LogP contribution < -0.4 is 5.32 Å². The van der Waals surface area contributed by atoms with Crippen molar-refractivity contribution in [3.05, 3.63) is 41.6 Å². The molecule has 21 heavy (non-hydrogen) atoms. The second kappa shape index (κ2) is 5.12. The summed E-state index contributed by atoms with van der Waals surface area (Å²) < 4.78 is 26.6. The number of benzene rings is 1. The highest BCUT2D eigenvalue weighted by Crippen LogP contribution is 2.28. The Balaban J connectivity index is 2.12. The van der Waals surface area contributed by atoms with Gasteiger partial charge in [-0.3, -0.25) is 5.10 Å². The third-order valence-corrected chi connectivity index (χ3v) is 3.30. The van der Waals surface area contributed by atoms with Crippen LogP contribution in [0.5, 0.6) is 0 Å². The van der Waals surface area contributed by atoms with Gasteiger partial charge in [-0.25, -0.2) is 13.8 Å². The molecule has 0 spiro atoms. The fourth-order valence-corrected chi connectivity index (χ4v) is 2.28. The van der Waals surface area contributed by atoms with E-state index in [9.17, 15) is 8.78 Å². The highest BCUT2D eigenvalue weighted by atomic mass is 19.2. The second-order valence-corrected chi connectivity index (χ2v) is 4.74. The van der Waals surface area contributed by atoms with E-state index < -0.39 is 11.6 Å². The van der Waals surface area contributed by atoms with Gasteiger partial charge in [-0.05, 0) is 32.0 Å². The number of hydrogen-bond donors (Lipinski definition) is 2. The SMILES string of the molecule is CCNc1ccc(-c2n[nH]c3cc(F)c(F)cc23)nc1C. The molecule has 0 fully saturated rings. The maximum Gasteiger partial charge on any atom is 0.160 e. The molecule has 2 N–H and O–H groups in total. The molecule has 108 valence electrons. The van der Waals surface area contributed by atoms with Crippen molar-refractivity contribution in [2.75, 3.05) is 11.9 Å². The molecule has 2 aromatic heterocycles. The van der Waals surface area contributed by atoms with Gasteiger partial charge >= 0.3 is 0 Å². The van der Waals surface area contributed by atoms with Crippen LogP contribution in [0.4, 0.5) is 14.5 Å². The van der Waals surface area contributed by atoms with Crippen LogP contribution >= 0.6 is 0 Å². The van der Waals surface area contributed by atoms with Gasteiger partial charge in [0.2, 0.25) is 0 Å². The molecule has 1 aromatic carbocycles.